The van der Waals surface area contributed by atoms with Crippen LogP contribution in [0.25, 0.3) is 0 Å². The normalized spacial score (nSPS) is 17.4. The van der Waals surface area contributed by atoms with Gasteiger partial charge < -0.3 is 10.1 Å². The molecule has 0 radical (unpaired) electrons. The van der Waals surface area contributed by atoms with Crippen LogP contribution in [0.1, 0.15) is 41.0 Å². The number of sulfonamides is 1. The summed E-state index contributed by atoms with van der Waals surface area (Å²) in [5.41, 5.74) is 0.546. The predicted octanol–water partition coefficient (Wildman–Crippen LogP) is 3.04. The average Bonchev–Trinajstić information content (AvgIpc) is 3.16. The van der Waals surface area contributed by atoms with Crippen LogP contribution in [0.15, 0.2) is 41.8 Å². The third-order valence-corrected chi connectivity index (χ3v) is 6.94. The molecule has 1 aliphatic rings. The van der Waals surface area contributed by atoms with Gasteiger partial charge in [0.1, 0.15) is 11.9 Å². The zero-order valence-corrected chi connectivity index (χ0v) is 17.1. The Morgan fingerprint density at radius 1 is 1.26 bits per heavy atom. The monoisotopic (exact) mass is 408 g/mol. The van der Waals surface area contributed by atoms with Crippen LogP contribution < -0.4 is 10.1 Å². The number of benzene rings is 1. The Morgan fingerprint density at radius 3 is 2.63 bits per heavy atom. The lowest BCUT2D eigenvalue weighted by molar-refractivity contribution is 0.0938. The number of hydrogen-bond donors (Lipinski definition) is 1. The SMILES string of the molecule is CC(NC(=O)c1cccc(OC2CCN(S(C)(=O)=O)CC2)c1)c1cccs1. The van der Waals surface area contributed by atoms with Crippen molar-refractivity contribution >= 4 is 27.3 Å². The third-order valence-electron chi connectivity index (χ3n) is 4.59. The molecule has 1 aromatic carbocycles. The number of nitrogens with zero attached hydrogens (tertiary/aromatic N) is 1. The first-order valence-corrected chi connectivity index (χ1v) is 11.6. The molecule has 1 amide bonds. The maximum absolute atomic E-state index is 12.5. The van der Waals surface area contributed by atoms with E-state index < -0.39 is 10.0 Å². The first-order valence-electron chi connectivity index (χ1n) is 8.89. The Morgan fingerprint density at radius 2 is 2.00 bits per heavy atom. The number of nitrogens with one attached hydrogen (secondary N) is 1. The van der Waals surface area contributed by atoms with Gasteiger partial charge in [0.25, 0.3) is 5.91 Å². The quantitative estimate of drug-likeness (QED) is 0.797. The summed E-state index contributed by atoms with van der Waals surface area (Å²) in [6.45, 7) is 2.88. The van der Waals surface area contributed by atoms with Crippen molar-refractivity contribution < 1.29 is 17.9 Å². The zero-order chi connectivity index (χ0) is 19.4. The van der Waals surface area contributed by atoms with E-state index in [-0.39, 0.29) is 18.1 Å². The molecule has 1 saturated heterocycles. The van der Waals surface area contributed by atoms with Crippen molar-refractivity contribution in [3.8, 4) is 5.75 Å². The molecule has 1 aliphatic heterocycles. The van der Waals surface area contributed by atoms with Gasteiger partial charge in [-0.15, -0.1) is 11.3 Å². The lowest BCUT2D eigenvalue weighted by Crippen LogP contribution is -2.41. The van der Waals surface area contributed by atoms with Gasteiger partial charge in [-0.25, -0.2) is 12.7 Å². The Labute approximate surface area is 164 Å². The maximum Gasteiger partial charge on any atom is 0.251 e. The van der Waals surface area contributed by atoms with E-state index in [0.717, 1.165) is 4.88 Å². The second kappa shape index (κ2) is 8.41. The maximum atomic E-state index is 12.5. The molecule has 0 spiro atoms. The highest BCUT2D eigenvalue weighted by Gasteiger charge is 2.26. The highest BCUT2D eigenvalue weighted by atomic mass is 32.2. The minimum atomic E-state index is -3.14. The van der Waals surface area contributed by atoms with Gasteiger partial charge in [0.2, 0.25) is 10.0 Å². The fraction of sp³-hybridized carbons (Fsp3) is 0.421. The minimum Gasteiger partial charge on any atom is -0.490 e. The molecule has 146 valence electrons. The molecule has 1 fully saturated rings. The van der Waals surface area contributed by atoms with Gasteiger partial charge >= 0.3 is 0 Å². The van der Waals surface area contributed by atoms with Crippen molar-refractivity contribution in [2.24, 2.45) is 0 Å². The summed E-state index contributed by atoms with van der Waals surface area (Å²) >= 11 is 1.61. The first kappa shape index (κ1) is 19.9. The molecule has 1 N–H and O–H groups in total. The van der Waals surface area contributed by atoms with Crippen LogP contribution in [0.4, 0.5) is 0 Å². The van der Waals surface area contributed by atoms with Crippen molar-refractivity contribution in [2.45, 2.75) is 31.9 Å². The predicted molar refractivity (Wildman–Crippen MR) is 107 cm³/mol. The van der Waals surface area contributed by atoms with Crippen molar-refractivity contribution in [1.82, 2.24) is 9.62 Å². The second-order valence-electron chi connectivity index (χ2n) is 6.72. The number of thiophene rings is 1. The van der Waals surface area contributed by atoms with Crippen molar-refractivity contribution in [3.05, 3.63) is 52.2 Å². The van der Waals surface area contributed by atoms with Crippen LogP contribution in [0.3, 0.4) is 0 Å². The van der Waals surface area contributed by atoms with Gasteiger partial charge in [-0.3, -0.25) is 4.79 Å². The van der Waals surface area contributed by atoms with Crippen molar-refractivity contribution in [1.29, 1.82) is 0 Å². The smallest absolute Gasteiger partial charge is 0.251 e. The Hall–Kier alpha value is -1.90. The van der Waals surface area contributed by atoms with E-state index >= 15 is 0 Å². The molecule has 3 rings (SSSR count). The highest BCUT2D eigenvalue weighted by molar-refractivity contribution is 7.88. The molecule has 1 atom stereocenters. The summed E-state index contributed by atoms with van der Waals surface area (Å²) in [4.78, 5) is 13.6. The minimum absolute atomic E-state index is 0.0497. The third kappa shape index (κ3) is 5.31. The Bertz CT molecular complexity index is 873. The lowest BCUT2D eigenvalue weighted by Gasteiger charge is -2.30. The molecule has 0 saturated carbocycles. The van der Waals surface area contributed by atoms with Crippen LogP contribution in [0.2, 0.25) is 0 Å². The van der Waals surface area contributed by atoms with Crippen molar-refractivity contribution in [3.63, 3.8) is 0 Å². The number of rotatable bonds is 6. The average molecular weight is 409 g/mol. The first-order chi connectivity index (χ1) is 12.8. The number of hydrogen-bond acceptors (Lipinski definition) is 5. The summed E-state index contributed by atoms with van der Waals surface area (Å²) in [6.07, 6.45) is 2.46. The summed E-state index contributed by atoms with van der Waals surface area (Å²) < 4.78 is 30.6. The molecule has 8 heteroatoms. The van der Waals surface area contributed by atoms with Crippen molar-refractivity contribution in [2.75, 3.05) is 19.3 Å². The van der Waals surface area contributed by atoms with Crippen LogP contribution in [0.5, 0.6) is 5.75 Å². The molecule has 0 bridgehead atoms. The number of amides is 1. The molecule has 0 aliphatic carbocycles. The molecule has 1 aromatic heterocycles. The lowest BCUT2D eigenvalue weighted by atomic mass is 10.1. The number of carbonyl (C=O) groups is 1. The summed E-state index contributed by atoms with van der Waals surface area (Å²) in [5, 5.41) is 4.98. The Balaban J connectivity index is 1.58. The molecule has 27 heavy (non-hydrogen) atoms. The van der Waals surface area contributed by atoms with E-state index in [4.69, 9.17) is 4.74 Å². The van der Waals surface area contributed by atoms with E-state index in [1.165, 1.54) is 10.6 Å². The highest BCUT2D eigenvalue weighted by Crippen LogP contribution is 2.22. The molecule has 2 aromatic rings. The van der Waals surface area contributed by atoms with E-state index in [9.17, 15) is 13.2 Å². The summed E-state index contributed by atoms with van der Waals surface area (Å²) in [6, 6.07) is 11.0. The van der Waals surface area contributed by atoms with Crippen LogP contribution in [0, 0.1) is 0 Å². The van der Waals surface area contributed by atoms with Gasteiger partial charge in [-0.2, -0.15) is 0 Å². The summed E-state index contributed by atoms with van der Waals surface area (Å²) in [5.74, 6) is 0.484. The fourth-order valence-corrected chi connectivity index (χ4v) is 4.68. The largest absolute Gasteiger partial charge is 0.490 e. The van der Waals surface area contributed by atoms with Gasteiger partial charge in [-0.05, 0) is 49.4 Å². The number of ether oxygens (including phenoxy) is 1. The van der Waals surface area contributed by atoms with Crippen LogP contribution in [-0.2, 0) is 10.0 Å². The molecule has 6 nitrogen and oxygen atoms in total. The van der Waals surface area contributed by atoms with Crippen LogP contribution in [-0.4, -0.2) is 44.1 Å². The van der Waals surface area contributed by atoms with Gasteiger partial charge in [-0.1, -0.05) is 12.1 Å². The topological polar surface area (TPSA) is 75.7 Å². The molecule has 2 heterocycles. The Kier molecular flexibility index (Phi) is 6.18. The van der Waals surface area contributed by atoms with Crippen LogP contribution >= 0.6 is 11.3 Å². The van der Waals surface area contributed by atoms with E-state index in [1.807, 2.05) is 30.5 Å². The molecular formula is C19H24N2O4S2. The summed E-state index contributed by atoms with van der Waals surface area (Å²) in [7, 11) is -3.14. The fourth-order valence-electron chi connectivity index (χ4n) is 3.07. The molecule has 1 unspecified atom stereocenters. The van der Waals surface area contributed by atoms with Gasteiger partial charge in [0.05, 0.1) is 12.3 Å². The zero-order valence-electron chi connectivity index (χ0n) is 15.4. The molecular weight excluding hydrogens is 384 g/mol. The number of piperidine rings is 1. The standard InChI is InChI=1S/C19H24N2O4S2/c1-14(18-7-4-12-26-18)20-19(22)15-5-3-6-17(13-15)25-16-8-10-21(11-9-16)27(2,23)24/h3-7,12-14,16H,8-11H2,1-2H3,(H,20,22). The van der Waals surface area contributed by atoms with Gasteiger partial charge in [0, 0.05) is 23.5 Å². The van der Waals surface area contributed by atoms with Gasteiger partial charge in [0.15, 0.2) is 0 Å². The van der Waals surface area contributed by atoms with E-state index in [0.29, 0.717) is 37.2 Å². The van der Waals surface area contributed by atoms with E-state index in [1.54, 1.807) is 29.5 Å². The number of carbonyl (C=O) groups excluding carboxylic acids is 1. The van der Waals surface area contributed by atoms with E-state index in [2.05, 4.69) is 5.32 Å². The second-order valence-corrected chi connectivity index (χ2v) is 9.68.